The molecule has 1 heterocycles. The summed E-state index contributed by atoms with van der Waals surface area (Å²) in [6.07, 6.45) is 3.69. The normalized spacial score (nSPS) is 20.9. The molecule has 0 radical (unpaired) electrons. The number of halogens is 2. The van der Waals surface area contributed by atoms with Gasteiger partial charge < -0.3 is 14.4 Å². The van der Waals surface area contributed by atoms with Crippen molar-refractivity contribution in [2.75, 3.05) is 19.5 Å². The van der Waals surface area contributed by atoms with Crippen LogP contribution in [0.2, 0.25) is 10.0 Å². The van der Waals surface area contributed by atoms with E-state index in [2.05, 4.69) is 10.2 Å². The topological polar surface area (TPSA) is 140 Å². The lowest BCUT2D eigenvalue weighted by molar-refractivity contribution is -0.145. The average Bonchev–Trinajstić information content (AvgIpc) is 3.04. The number of nitrogens with zero attached hydrogens (tertiary/aromatic N) is 1. The van der Waals surface area contributed by atoms with E-state index >= 15 is 0 Å². The van der Waals surface area contributed by atoms with Crippen molar-refractivity contribution < 1.29 is 37.1 Å². The fourth-order valence-electron chi connectivity index (χ4n) is 6.41. The van der Waals surface area contributed by atoms with Crippen LogP contribution in [0.3, 0.4) is 0 Å². The molecule has 2 aliphatic rings. The van der Waals surface area contributed by atoms with Gasteiger partial charge in [-0.1, -0.05) is 72.4 Å². The summed E-state index contributed by atoms with van der Waals surface area (Å²) in [6, 6.07) is 16.5. The van der Waals surface area contributed by atoms with E-state index in [1.54, 1.807) is 78.6 Å². The van der Waals surface area contributed by atoms with Crippen LogP contribution in [0.15, 0.2) is 66.7 Å². The summed E-state index contributed by atoms with van der Waals surface area (Å²) in [6.45, 7) is 1.77. The minimum atomic E-state index is -3.61. The van der Waals surface area contributed by atoms with E-state index in [1.807, 2.05) is 0 Å². The van der Waals surface area contributed by atoms with E-state index in [0.29, 0.717) is 45.9 Å². The first-order valence-corrected chi connectivity index (χ1v) is 18.2. The van der Waals surface area contributed by atoms with Crippen LogP contribution in [0.1, 0.15) is 71.6 Å². The van der Waals surface area contributed by atoms with E-state index in [4.69, 9.17) is 37.5 Å². The smallest absolute Gasteiger partial charge is 0.344 e. The Bertz CT molecular complexity index is 1760. The summed E-state index contributed by atoms with van der Waals surface area (Å²) < 4.78 is 37.8. The molecule has 5 rings (SSSR count). The Hall–Kier alpha value is -3.68. The fourth-order valence-corrected chi connectivity index (χ4v) is 7.75. The number of hydroxylamine groups is 1. The highest BCUT2D eigenvalue weighted by Crippen LogP contribution is 2.47. The highest BCUT2D eigenvalue weighted by atomic mass is 35.5. The Morgan fingerprint density at radius 1 is 0.979 bits per heavy atom. The monoisotopic (exact) mass is 717 g/mol. The number of amides is 2. The van der Waals surface area contributed by atoms with E-state index in [1.165, 1.54) is 0 Å². The molecule has 0 aromatic heterocycles. The number of benzene rings is 3. The molecular formula is C34H37Cl2N3O8S. The number of hydrogen-bond acceptors (Lipinski definition) is 8. The minimum absolute atomic E-state index is 0.0102. The maximum absolute atomic E-state index is 14.4. The van der Waals surface area contributed by atoms with Gasteiger partial charge in [0.15, 0.2) is 6.61 Å². The third-order valence-corrected chi connectivity index (χ3v) is 9.68. The summed E-state index contributed by atoms with van der Waals surface area (Å²) in [5.74, 6) is -1.83. The summed E-state index contributed by atoms with van der Waals surface area (Å²) in [5, 5.41) is 0.644. The van der Waals surface area contributed by atoms with Gasteiger partial charge in [0, 0.05) is 27.7 Å². The first kappa shape index (κ1) is 35.6. The second-order valence-electron chi connectivity index (χ2n) is 11.7. The van der Waals surface area contributed by atoms with Crippen LogP contribution in [0, 0.1) is 0 Å². The zero-order valence-corrected chi connectivity index (χ0v) is 28.8. The Balaban J connectivity index is 1.44. The summed E-state index contributed by atoms with van der Waals surface area (Å²) in [7, 11) is -3.61. The molecule has 1 aliphatic carbocycles. The molecule has 1 aliphatic heterocycles. The van der Waals surface area contributed by atoms with Gasteiger partial charge in [-0.15, -0.1) is 0 Å². The van der Waals surface area contributed by atoms with Crippen molar-refractivity contribution in [3.63, 3.8) is 0 Å². The van der Waals surface area contributed by atoms with Crippen LogP contribution in [0.4, 0.5) is 0 Å². The molecule has 0 saturated heterocycles. The highest BCUT2D eigenvalue weighted by molar-refractivity contribution is 7.88. The molecular weight excluding hydrogens is 681 g/mol. The fraction of sp³-hybridized carbons (Fsp3) is 0.382. The molecule has 2 amide bonds. The molecule has 3 aromatic rings. The Morgan fingerprint density at radius 3 is 2.42 bits per heavy atom. The van der Waals surface area contributed by atoms with Gasteiger partial charge in [0.1, 0.15) is 5.75 Å². The molecule has 0 bridgehead atoms. The first-order valence-electron chi connectivity index (χ1n) is 15.6. The second-order valence-corrected chi connectivity index (χ2v) is 14.4. The van der Waals surface area contributed by atoms with Crippen molar-refractivity contribution in [2.24, 2.45) is 0 Å². The van der Waals surface area contributed by atoms with Crippen molar-refractivity contribution in [1.29, 1.82) is 0 Å². The lowest BCUT2D eigenvalue weighted by Gasteiger charge is -2.49. The SMILES string of the molecule is CCOC(=O)COc1ccc(CONC(=O)[C@@H]2c3ccccc3C(=O)N([C@H]3CCCC[C@@H]3NS(C)(=O)=O)[C@H]2c2ccc(Cl)cc2Cl)cc1. The number of carbonyl (C=O) groups is 3. The average molecular weight is 719 g/mol. The Morgan fingerprint density at radius 2 is 1.71 bits per heavy atom. The van der Waals surface area contributed by atoms with Crippen LogP contribution < -0.4 is 14.9 Å². The molecule has 4 atom stereocenters. The van der Waals surface area contributed by atoms with Crippen LogP contribution in [-0.4, -0.2) is 62.7 Å². The summed E-state index contributed by atoms with van der Waals surface area (Å²) >= 11 is 13.0. The van der Waals surface area contributed by atoms with Crippen molar-refractivity contribution in [3.8, 4) is 5.75 Å². The van der Waals surface area contributed by atoms with Crippen molar-refractivity contribution in [3.05, 3.63) is 99.0 Å². The molecule has 256 valence electrons. The third-order valence-electron chi connectivity index (χ3n) is 8.39. The number of nitrogens with one attached hydrogen (secondary N) is 2. The number of ether oxygens (including phenoxy) is 2. The number of sulfonamides is 1. The predicted molar refractivity (Wildman–Crippen MR) is 180 cm³/mol. The van der Waals surface area contributed by atoms with E-state index < -0.39 is 45.9 Å². The van der Waals surface area contributed by atoms with Crippen molar-refractivity contribution in [1.82, 2.24) is 15.1 Å². The number of carbonyl (C=O) groups excluding carboxylic acids is 3. The van der Waals surface area contributed by atoms with Crippen LogP contribution in [0.25, 0.3) is 0 Å². The van der Waals surface area contributed by atoms with Crippen LogP contribution in [0.5, 0.6) is 5.75 Å². The van der Waals surface area contributed by atoms with Gasteiger partial charge in [-0.05, 0) is 66.8 Å². The lowest BCUT2D eigenvalue weighted by atomic mass is 9.76. The molecule has 2 N–H and O–H groups in total. The van der Waals surface area contributed by atoms with Gasteiger partial charge in [0.2, 0.25) is 10.0 Å². The second kappa shape index (κ2) is 15.7. The Labute approximate surface area is 289 Å². The van der Waals surface area contributed by atoms with Gasteiger partial charge in [-0.2, -0.15) is 0 Å². The first-order chi connectivity index (χ1) is 23.0. The van der Waals surface area contributed by atoms with E-state index in [-0.39, 0.29) is 30.8 Å². The van der Waals surface area contributed by atoms with Gasteiger partial charge in [0.05, 0.1) is 31.4 Å². The maximum atomic E-state index is 14.4. The number of rotatable bonds is 12. The number of esters is 1. The van der Waals surface area contributed by atoms with Gasteiger partial charge in [-0.3, -0.25) is 14.4 Å². The lowest BCUT2D eigenvalue weighted by Crippen LogP contribution is -2.59. The van der Waals surface area contributed by atoms with Crippen LogP contribution >= 0.6 is 23.2 Å². The maximum Gasteiger partial charge on any atom is 0.344 e. The van der Waals surface area contributed by atoms with Gasteiger partial charge >= 0.3 is 5.97 Å². The predicted octanol–water partition coefficient (Wildman–Crippen LogP) is 5.32. The molecule has 14 heteroatoms. The molecule has 3 aromatic carbocycles. The molecule has 1 saturated carbocycles. The van der Waals surface area contributed by atoms with Gasteiger partial charge in [-0.25, -0.2) is 23.4 Å². The zero-order valence-electron chi connectivity index (χ0n) is 26.5. The zero-order chi connectivity index (χ0) is 34.4. The third kappa shape index (κ3) is 8.48. The molecule has 0 spiro atoms. The van der Waals surface area contributed by atoms with E-state index in [9.17, 15) is 22.8 Å². The summed E-state index contributed by atoms with van der Waals surface area (Å²) in [4.78, 5) is 47.5. The Kier molecular flexibility index (Phi) is 11.6. The minimum Gasteiger partial charge on any atom is -0.482 e. The number of fused-ring (bicyclic) bond motifs is 1. The molecule has 0 unspecified atom stereocenters. The molecule has 48 heavy (non-hydrogen) atoms. The van der Waals surface area contributed by atoms with E-state index in [0.717, 1.165) is 19.1 Å². The van der Waals surface area contributed by atoms with Crippen LogP contribution in [-0.2, 0) is 35.8 Å². The number of hydrogen-bond donors (Lipinski definition) is 2. The largest absolute Gasteiger partial charge is 0.482 e. The quantitative estimate of drug-likeness (QED) is 0.190. The summed E-state index contributed by atoms with van der Waals surface area (Å²) in [5.41, 5.74) is 4.61. The molecule has 11 nitrogen and oxygen atoms in total. The van der Waals surface area contributed by atoms with Crippen molar-refractivity contribution >= 4 is 51.0 Å². The highest BCUT2D eigenvalue weighted by Gasteiger charge is 2.49. The van der Waals surface area contributed by atoms with Gasteiger partial charge in [0.25, 0.3) is 11.8 Å². The standard InChI is InChI=1S/C34H37Cl2N3O8S/c1-3-45-30(40)20-46-23-15-12-21(13-16-23)19-47-37-33(41)31-24-8-4-5-9-25(24)34(42)39(32(31)26-17-14-22(35)18-27(26)36)29-11-7-6-10-28(29)38-48(2,43)44/h4-5,8-9,12-18,28-29,31-32,38H,3,6-7,10-11,19-20H2,1-2H3,(H,37,41)/t28-,29-,31+,32-/m0/s1. The van der Waals surface area contributed by atoms with Crippen molar-refractivity contribution in [2.45, 2.75) is 63.3 Å². The molecule has 1 fully saturated rings.